The van der Waals surface area contributed by atoms with E-state index in [1.807, 2.05) is 0 Å². The molecule has 0 aromatic heterocycles. The van der Waals surface area contributed by atoms with Crippen molar-refractivity contribution in [3.05, 3.63) is 0 Å². The average Bonchev–Trinajstić information content (AvgIpc) is 2.09. The number of hydrazone groups is 1. The van der Waals surface area contributed by atoms with Crippen LogP contribution in [0.2, 0.25) is 0 Å². The smallest absolute Gasteiger partial charge is 0.105 e. The normalized spacial score (nSPS) is 29.2. The average molecular weight is 189 g/mol. The highest BCUT2D eigenvalue weighted by Gasteiger charge is 2.40. The van der Waals surface area contributed by atoms with Crippen LogP contribution < -0.4 is 5.43 Å². The molecule has 3 heteroatoms. The lowest BCUT2D eigenvalue weighted by Crippen LogP contribution is -2.45. The molecule has 50 valence electrons. The first kappa shape index (κ1) is 5.71. The quantitative estimate of drug-likeness (QED) is 0.615. The van der Waals surface area contributed by atoms with Gasteiger partial charge < -0.3 is 5.43 Å². The van der Waals surface area contributed by atoms with Gasteiger partial charge in [0.05, 0.1) is 5.54 Å². The number of nitrogens with one attached hydrogen (secondary N) is 1. The van der Waals surface area contributed by atoms with Gasteiger partial charge in [-0.05, 0) is 35.2 Å². The fourth-order valence-electron chi connectivity index (χ4n) is 1.43. The minimum absolute atomic E-state index is 0.388. The molecule has 1 aliphatic carbocycles. The number of nitrogens with zero attached hydrogens (tertiary/aromatic N) is 1. The molecule has 1 saturated carbocycles. The highest BCUT2D eigenvalue weighted by molar-refractivity contribution is 9.18. The van der Waals surface area contributed by atoms with E-state index in [2.05, 4.69) is 26.5 Å². The summed E-state index contributed by atoms with van der Waals surface area (Å²) < 4.78 is 1.09. The molecule has 1 spiro atoms. The van der Waals surface area contributed by atoms with Crippen molar-refractivity contribution >= 4 is 20.6 Å². The second-order valence-corrected chi connectivity index (χ2v) is 3.83. The summed E-state index contributed by atoms with van der Waals surface area (Å²) in [6, 6.07) is 0. The van der Waals surface area contributed by atoms with E-state index in [1.54, 1.807) is 0 Å². The van der Waals surface area contributed by atoms with E-state index >= 15 is 0 Å². The van der Waals surface area contributed by atoms with Crippen molar-refractivity contribution in [2.75, 3.05) is 0 Å². The van der Waals surface area contributed by atoms with Crippen molar-refractivity contribution < 1.29 is 0 Å². The first-order valence-corrected chi connectivity index (χ1v) is 4.09. The maximum absolute atomic E-state index is 4.09. The third-order valence-corrected chi connectivity index (χ3v) is 2.67. The van der Waals surface area contributed by atoms with Crippen LogP contribution in [0.4, 0.5) is 0 Å². The van der Waals surface area contributed by atoms with Gasteiger partial charge >= 0.3 is 0 Å². The molecule has 0 saturated heterocycles. The zero-order valence-electron chi connectivity index (χ0n) is 5.15. The molecular weight excluding hydrogens is 180 g/mol. The number of hydrogen-bond donors (Lipinski definition) is 1. The second kappa shape index (κ2) is 1.72. The predicted molar refractivity (Wildman–Crippen MR) is 40.7 cm³/mol. The molecule has 1 aliphatic heterocycles. The van der Waals surface area contributed by atoms with Gasteiger partial charge in [0.2, 0.25) is 0 Å². The molecule has 1 N–H and O–H groups in total. The summed E-state index contributed by atoms with van der Waals surface area (Å²) >= 11 is 3.38. The lowest BCUT2D eigenvalue weighted by Gasteiger charge is -2.37. The van der Waals surface area contributed by atoms with Gasteiger partial charge in [-0.3, -0.25) is 0 Å². The lowest BCUT2D eigenvalue weighted by molar-refractivity contribution is 0.212. The zero-order valence-corrected chi connectivity index (χ0v) is 6.74. The number of halogens is 1. The Morgan fingerprint density at radius 1 is 1.56 bits per heavy atom. The Morgan fingerprint density at radius 3 is 2.56 bits per heavy atom. The fraction of sp³-hybridized carbons (Fsp3) is 0.833. The standard InChI is InChI=1S/C6H9BrN2/c7-5-4-6(9-8-5)2-1-3-6/h9H,1-4H2. The molecular formula is C6H9BrN2. The van der Waals surface area contributed by atoms with Crippen LogP contribution in [0.15, 0.2) is 5.10 Å². The van der Waals surface area contributed by atoms with Crippen molar-refractivity contribution in [2.45, 2.75) is 31.2 Å². The van der Waals surface area contributed by atoms with E-state index < -0.39 is 0 Å². The van der Waals surface area contributed by atoms with E-state index in [1.165, 1.54) is 19.3 Å². The molecule has 2 nitrogen and oxygen atoms in total. The second-order valence-electron chi connectivity index (χ2n) is 2.91. The maximum Gasteiger partial charge on any atom is 0.105 e. The molecule has 1 fully saturated rings. The molecule has 0 radical (unpaired) electrons. The largest absolute Gasteiger partial charge is 0.303 e. The monoisotopic (exact) mass is 188 g/mol. The van der Waals surface area contributed by atoms with Crippen LogP contribution in [-0.4, -0.2) is 10.2 Å². The van der Waals surface area contributed by atoms with Gasteiger partial charge in [-0.1, -0.05) is 0 Å². The molecule has 0 aromatic carbocycles. The van der Waals surface area contributed by atoms with Crippen molar-refractivity contribution in [2.24, 2.45) is 5.10 Å². The Hall–Kier alpha value is -0.0500. The third-order valence-electron chi connectivity index (χ3n) is 2.21. The van der Waals surface area contributed by atoms with Gasteiger partial charge in [-0.2, -0.15) is 5.10 Å². The highest BCUT2D eigenvalue weighted by Crippen LogP contribution is 2.38. The van der Waals surface area contributed by atoms with Crippen LogP contribution in [0, 0.1) is 0 Å². The summed E-state index contributed by atoms with van der Waals surface area (Å²) in [4.78, 5) is 0. The molecule has 2 aliphatic rings. The predicted octanol–water partition coefficient (Wildman–Crippen LogP) is 1.61. The van der Waals surface area contributed by atoms with Crippen LogP contribution >= 0.6 is 15.9 Å². The van der Waals surface area contributed by atoms with Crippen LogP contribution in [0.25, 0.3) is 0 Å². The SMILES string of the molecule is BrC1=NNC2(CCC2)C1. The molecule has 0 unspecified atom stereocenters. The van der Waals surface area contributed by atoms with Crippen LogP contribution in [-0.2, 0) is 0 Å². The summed E-state index contributed by atoms with van der Waals surface area (Å²) in [6.07, 6.45) is 5.06. The number of hydrogen-bond acceptors (Lipinski definition) is 2. The zero-order chi connectivity index (χ0) is 6.32. The van der Waals surface area contributed by atoms with E-state index in [9.17, 15) is 0 Å². The van der Waals surface area contributed by atoms with Gasteiger partial charge in [0.15, 0.2) is 0 Å². The van der Waals surface area contributed by atoms with Crippen LogP contribution in [0.3, 0.4) is 0 Å². The van der Waals surface area contributed by atoms with Crippen molar-refractivity contribution in [3.63, 3.8) is 0 Å². The molecule has 0 atom stereocenters. The first-order valence-electron chi connectivity index (χ1n) is 3.30. The number of rotatable bonds is 0. The fourth-order valence-corrected chi connectivity index (χ4v) is 2.06. The van der Waals surface area contributed by atoms with Crippen molar-refractivity contribution in [1.29, 1.82) is 0 Å². The Kier molecular flexibility index (Phi) is 1.09. The van der Waals surface area contributed by atoms with Gasteiger partial charge in [0.1, 0.15) is 4.62 Å². The van der Waals surface area contributed by atoms with E-state index in [0.717, 1.165) is 11.0 Å². The maximum atomic E-state index is 4.09. The van der Waals surface area contributed by atoms with Crippen LogP contribution in [0.5, 0.6) is 0 Å². The molecule has 1 heterocycles. The van der Waals surface area contributed by atoms with Gasteiger partial charge in [0.25, 0.3) is 0 Å². The van der Waals surface area contributed by atoms with E-state index in [0.29, 0.717) is 5.54 Å². The summed E-state index contributed by atoms with van der Waals surface area (Å²) in [5.74, 6) is 0. The summed E-state index contributed by atoms with van der Waals surface area (Å²) in [7, 11) is 0. The van der Waals surface area contributed by atoms with Crippen LogP contribution in [0.1, 0.15) is 25.7 Å². The molecule has 9 heavy (non-hydrogen) atoms. The minimum Gasteiger partial charge on any atom is -0.303 e. The first-order chi connectivity index (χ1) is 4.31. The molecule has 0 bridgehead atoms. The summed E-state index contributed by atoms with van der Waals surface area (Å²) in [5.41, 5.74) is 3.55. The Morgan fingerprint density at radius 2 is 2.33 bits per heavy atom. The van der Waals surface area contributed by atoms with Crippen molar-refractivity contribution in [3.8, 4) is 0 Å². The Labute approximate surface area is 62.8 Å². The Bertz CT molecular complexity index is 160. The topological polar surface area (TPSA) is 24.4 Å². The van der Waals surface area contributed by atoms with E-state index in [-0.39, 0.29) is 0 Å². The summed E-state index contributed by atoms with van der Waals surface area (Å²) in [6.45, 7) is 0. The molecule has 0 aromatic rings. The van der Waals surface area contributed by atoms with Crippen molar-refractivity contribution in [1.82, 2.24) is 5.43 Å². The lowest BCUT2D eigenvalue weighted by atomic mass is 9.76. The molecule has 0 amide bonds. The molecule has 2 rings (SSSR count). The highest BCUT2D eigenvalue weighted by atomic mass is 79.9. The van der Waals surface area contributed by atoms with Gasteiger partial charge in [-0.25, -0.2) is 0 Å². The Balaban J connectivity index is 2.05. The summed E-state index contributed by atoms with van der Waals surface area (Å²) in [5, 5.41) is 4.09. The third kappa shape index (κ3) is 0.784. The minimum atomic E-state index is 0.388. The van der Waals surface area contributed by atoms with E-state index in [4.69, 9.17) is 0 Å². The van der Waals surface area contributed by atoms with Gasteiger partial charge in [0, 0.05) is 6.42 Å². The van der Waals surface area contributed by atoms with Gasteiger partial charge in [-0.15, -0.1) is 0 Å².